The molecule has 0 aliphatic heterocycles. The molecule has 0 aliphatic carbocycles. The first-order valence-corrected chi connectivity index (χ1v) is 14.9. The summed E-state index contributed by atoms with van der Waals surface area (Å²) in [5.41, 5.74) is 0. The molecule has 1 rings (SSSR count). The molecule has 0 radical (unpaired) electrons. The molecule has 0 amide bonds. The Kier molecular flexibility index (Phi) is 20.1. The van der Waals surface area contributed by atoms with Gasteiger partial charge in [-0.2, -0.15) is 0 Å². The van der Waals surface area contributed by atoms with Crippen LogP contribution in [0.1, 0.15) is 161 Å². The Hall–Kier alpha value is -0.790. The smallest absolute Gasteiger partial charge is 0.234 e. The summed E-state index contributed by atoms with van der Waals surface area (Å²) in [5, 5.41) is 0. The van der Waals surface area contributed by atoms with Crippen molar-refractivity contribution in [3.05, 3.63) is 18.2 Å². The molecule has 0 aliphatic rings. The summed E-state index contributed by atoms with van der Waals surface area (Å²) in [4.78, 5) is 0. The Morgan fingerprint density at radius 1 is 0.531 bits per heavy atom. The zero-order valence-corrected chi connectivity index (χ0v) is 22.5. The van der Waals surface area contributed by atoms with Crippen LogP contribution >= 0.6 is 0 Å². The third kappa shape index (κ3) is 15.1. The quantitative estimate of drug-likeness (QED) is 0.110. The van der Waals surface area contributed by atoms with Crippen LogP contribution in [0, 0.1) is 0 Å². The molecule has 0 fully saturated rings. The lowest BCUT2D eigenvalue weighted by Gasteiger charge is -2.07. The van der Waals surface area contributed by atoms with Crippen molar-refractivity contribution in [1.29, 1.82) is 0 Å². The summed E-state index contributed by atoms with van der Waals surface area (Å²) in [7, 11) is 0. The van der Waals surface area contributed by atoms with Gasteiger partial charge in [0, 0.05) is 6.42 Å². The van der Waals surface area contributed by atoms with Gasteiger partial charge in [-0.05, 0) is 32.1 Å². The molecule has 0 bridgehead atoms. The van der Waals surface area contributed by atoms with Crippen LogP contribution in [0.3, 0.4) is 0 Å². The fourth-order valence-corrected chi connectivity index (χ4v) is 4.91. The van der Waals surface area contributed by atoms with Crippen molar-refractivity contribution in [3.63, 3.8) is 0 Å². The van der Waals surface area contributed by atoms with E-state index in [1.807, 2.05) is 0 Å². The number of aryl methyl sites for hydroxylation is 2. The first-order chi connectivity index (χ1) is 15.8. The van der Waals surface area contributed by atoms with E-state index in [4.69, 9.17) is 0 Å². The van der Waals surface area contributed by atoms with Gasteiger partial charge >= 0.3 is 0 Å². The van der Waals surface area contributed by atoms with Crippen molar-refractivity contribution in [3.8, 4) is 0 Å². The number of hydrogen-bond donors (Lipinski definition) is 0. The summed E-state index contributed by atoms with van der Waals surface area (Å²) in [5.74, 6) is 1.60. The number of unbranched alkanes of at least 4 members (excludes halogenated alkanes) is 18. The van der Waals surface area contributed by atoms with Crippen molar-refractivity contribution in [2.75, 3.05) is 0 Å². The first kappa shape index (κ1) is 29.2. The first-order valence-electron chi connectivity index (χ1n) is 14.9. The Morgan fingerprint density at radius 3 is 1.50 bits per heavy atom. The Labute approximate surface area is 202 Å². The molecule has 0 aromatic carbocycles. The van der Waals surface area contributed by atoms with E-state index in [1.165, 1.54) is 154 Å². The van der Waals surface area contributed by atoms with E-state index in [0.29, 0.717) is 0 Å². The summed E-state index contributed by atoms with van der Waals surface area (Å²) in [6, 6.07) is 0. The second-order valence-electron chi connectivity index (χ2n) is 10.2. The van der Waals surface area contributed by atoms with Crippen LogP contribution in [0.4, 0.5) is 0 Å². The van der Waals surface area contributed by atoms with Crippen molar-refractivity contribution < 1.29 is 4.57 Å². The molecular weight excluding hydrogens is 388 g/mol. The van der Waals surface area contributed by atoms with E-state index in [9.17, 15) is 0 Å². The number of imidazole rings is 1. The van der Waals surface area contributed by atoms with Crippen LogP contribution in [-0.4, -0.2) is 4.57 Å². The lowest BCUT2D eigenvalue weighted by atomic mass is 10.1. The zero-order chi connectivity index (χ0) is 23.1. The minimum atomic E-state index is 1.22. The standard InChI is InChI=1S/C30H59N2/c1-4-7-10-13-15-16-17-18-21-24-27-32-29-28-31(26-23-20-12-9-6-3)30(32)25-22-19-14-11-8-5-2/h28-29H,4-27H2,1-3H3/q+1. The third-order valence-electron chi connectivity index (χ3n) is 7.10. The number of nitrogens with zero attached hydrogens (tertiary/aromatic N) is 2. The lowest BCUT2D eigenvalue weighted by Crippen LogP contribution is -2.37. The van der Waals surface area contributed by atoms with Crippen molar-refractivity contribution in [1.82, 2.24) is 4.57 Å². The second kappa shape index (κ2) is 22.0. The molecule has 0 N–H and O–H groups in total. The van der Waals surface area contributed by atoms with Crippen LogP contribution in [0.2, 0.25) is 0 Å². The zero-order valence-electron chi connectivity index (χ0n) is 22.5. The fraction of sp³-hybridized carbons (Fsp3) is 0.900. The van der Waals surface area contributed by atoms with Gasteiger partial charge in [0.25, 0.3) is 5.82 Å². The second-order valence-corrected chi connectivity index (χ2v) is 10.2. The topological polar surface area (TPSA) is 8.81 Å². The highest BCUT2D eigenvalue weighted by Gasteiger charge is 2.16. The summed E-state index contributed by atoms with van der Waals surface area (Å²) < 4.78 is 5.19. The van der Waals surface area contributed by atoms with E-state index in [0.717, 1.165) is 0 Å². The van der Waals surface area contributed by atoms with Gasteiger partial charge in [0.05, 0.1) is 13.1 Å². The number of hydrogen-bond acceptors (Lipinski definition) is 0. The molecule has 1 heterocycles. The Morgan fingerprint density at radius 2 is 0.969 bits per heavy atom. The highest BCUT2D eigenvalue weighted by molar-refractivity contribution is 4.84. The molecule has 0 saturated carbocycles. The molecule has 1 aromatic heterocycles. The van der Waals surface area contributed by atoms with Gasteiger partial charge < -0.3 is 0 Å². The molecular formula is C30H59N2+. The van der Waals surface area contributed by atoms with Crippen molar-refractivity contribution in [2.24, 2.45) is 0 Å². The average Bonchev–Trinajstić information content (AvgIpc) is 3.18. The van der Waals surface area contributed by atoms with Gasteiger partial charge in [0.1, 0.15) is 12.4 Å². The molecule has 0 saturated heterocycles. The molecule has 0 unspecified atom stereocenters. The maximum absolute atomic E-state index is 2.60. The monoisotopic (exact) mass is 447 g/mol. The molecule has 188 valence electrons. The summed E-state index contributed by atoms with van der Waals surface area (Å²) in [6.45, 7) is 9.37. The van der Waals surface area contributed by atoms with E-state index < -0.39 is 0 Å². The molecule has 2 nitrogen and oxygen atoms in total. The van der Waals surface area contributed by atoms with E-state index in [2.05, 4.69) is 42.3 Å². The molecule has 0 spiro atoms. The summed E-state index contributed by atoms with van der Waals surface area (Å²) in [6.07, 6.45) is 35.5. The number of aromatic nitrogens is 2. The third-order valence-corrected chi connectivity index (χ3v) is 7.10. The van der Waals surface area contributed by atoms with Gasteiger partial charge in [-0.15, -0.1) is 0 Å². The maximum atomic E-state index is 2.60. The Balaban J connectivity index is 2.34. The number of rotatable bonds is 24. The van der Waals surface area contributed by atoms with E-state index >= 15 is 0 Å². The van der Waals surface area contributed by atoms with Crippen LogP contribution in [0.15, 0.2) is 12.4 Å². The molecule has 1 aromatic rings. The van der Waals surface area contributed by atoms with Gasteiger partial charge in [-0.3, -0.25) is 0 Å². The predicted octanol–water partition coefficient (Wildman–Crippen LogP) is 9.57. The van der Waals surface area contributed by atoms with Crippen molar-refractivity contribution in [2.45, 2.75) is 175 Å². The van der Waals surface area contributed by atoms with E-state index in [1.54, 1.807) is 5.82 Å². The molecule has 2 heteroatoms. The average molecular weight is 448 g/mol. The van der Waals surface area contributed by atoms with E-state index in [-0.39, 0.29) is 0 Å². The SMILES string of the molecule is CCCCCCCCCCCCn1cc[n+](CCCCCCC)c1CCCCCCCC. The lowest BCUT2D eigenvalue weighted by molar-refractivity contribution is -0.704. The molecule has 32 heavy (non-hydrogen) atoms. The molecule has 0 atom stereocenters. The summed E-state index contributed by atoms with van der Waals surface area (Å²) >= 11 is 0. The highest BCUT2D eigenvalue weighted by Crippen LogP contribution is 2.13. The van der Waals surface area contributed by atoms with Gasteiger partial charge in [0.15, 0.2) is 0 Å². The van der Waals surface area contributed by atoms with Crippen molar-refractivity contribution >= 4 is 0 Å². The highest BCUT2D eigenvalue weighted by atomic mass is 15.1. The fourth-order valence-electron chi connectivity index (χ4n) is 4.91. The Bertz CT molecular complexity index is 505. The van der Waals surface area contributed by atoms with Gasteiger partial charge in [-0.25, -0.2) is 9.13 Å². The normalized spacial score (nSPS) is 11.5. The minimum Gasteiger partial charge on any atom is -0.234 e. The van der Waals surface area contributed by atoms with Gasteiger partial charge in [-0.1, -0.05) is 124 Å². The largest absolute Gasteiger partial charge is 0.256 e. The van der Waals surface area contributed by atoms with Crippen LogP contribution in [0.25, 0.3) is 0 Å². The maximum Gasteiger partial charge on any atom is 0.256 e. The van der Waals surface area contributed by atoms with Crippen LogP contribution < -0.4 is 4.57 Å². The van der Waals surface area contributed by atoms with Crippen LogP contribution in [-0.2, 0) is 19.5 Å². The predicted molar refractivity (Wildman–Crippen MR) is 142 cm³/mol. The minimum absolute atomic E-state index is 1.22. The van der Waals surface area contributed by atoms with Gasteiger partial charge in [0.2, 0.25) is 0 Å². The van der Waals surface area contributed by atoms with Crippen LogP contribution in [0.5, 0.6) is 0 Å².